The van der Waals surface area contributed by atoms with Crippen LogP contribution in [0.1, 0.15) is 32.6 Å². The van der Waals surface area contributed by atoms with Gasteiger partial charge in [-0.15, -0.1) is 0 Å². The summed E-state index contributed by atoms with van der Waals surface area (Å²) < 4.78 is 16.7. The Labute approximate surface area is 144 Å². The van der Waals surface area contributed by atoms with E-state index >= 15 is 0 Å². The smallest absolute Gasteiger partial charge is 0.142 e. The number of H-pyrrole nitrogens is 1. The van der Waals surface area contributed by atoms with E-state index in [0.717, 1.165) is 48.3 Å². The molecule has 0 bridgehead atoms. The fourth-order valence-electron chi connectivity index (χ4n) is 3.70. The van der Waals surface area contributed by atoms with Crippen molar-refractivity contribution in [3.05, 3.63) is 18.6 Å². The lowest BCUT2D eigenvalue weighted by molar-refractivity contribution is 0.342. The largest absolute Gasteiger partial charge is 0.356 e. The monoisotopic (exact) mass is 349 g/mol. The molecule has 1 N–H and O–H groups in total. The highest BCUT2D eigenvalue weighted by atomic mass is 32.2. The number of hydrogen-bond acceptors (Lipinski definition) is 5. The molecule has 132 valence electrons. The van der Waals surface area contributed by atoms with Crippen molar-refractivity contribution in [1.82, 2.24) is 15.0 Å². The highest BCUT2D eigenvalue weighted by Crippen LogP contribution is 2.32. The van der Waals surface area contributed by atoms with Crippen molar-refractivity contribution in [1.29, 1.82) is 0 Å². The molecular formula is C17H27N5OS. The molecule has 1 unspecified atom stereocenters. The van der Waals surface area contributed by atoms with Gasteiger partial charge >= 0.3 is 0 Å². The molecule has 0 aromatic carbocycles. The Morgan fingerprint density at radius 2 is 2.08 bits per heavy atom. The first kappa shape index (κ1) is 17.2. The van der Waals surface area contributed by atoms with Crippen molar-refractivity contribution in [2.45, 2.75) is 38.6 Å². The van der Waals surface area contributed by atoms with Gasteiger partial charge in [-0.2, -0.15) is 0 Å². The number of fused-ring (bicyclic) bond motifs is 1. The van der Waals surface area contributed by atoms with E-state index in [-0.39, 0.29) is 0 Å². The van der Waals surface area contributed by atoms with E-state index < -0.39 is 9.73 Å². The van der Waals surface area contributed by atoms with Crippen LogP contribution in [-0.2, 0) is 9.73 Å². The molecule has 1 atom stereocenters. The van der Waals surface area contributed by atoms with Gasteiger partial charge in [0.1, 0.15) is 17.8 Å². The Bertz CT molecular complexity index is 800. The molecule has 0 saturated heterocycles. The predicted octanol–water partition coefficient (Wildman–Crippen LogP) is 3.07. The van der Waals surface area contributed by atoms with Gasteiger partial charge in [-0.1, -0.05) is 6.92 Å². The number of aromatic nitrogens is 3. The van der Waals surface area contributed by atoms with E-state index in [9.17, 15) is 4.21 Å². The molecule has 1 aliphatic rings. The van der Waals surface area contributed by atoms with Gasteiger partial charge in [-0.3, -0.25) is 0 Å². The molecule has 0 aliphatic heterocycles. The first-order valence-corrected chi connectivity index (χ1v) is 10.5. The van der Waals surface area contributed by atoms with Crippen LogP contribution in [0.2, 0.25) is 0 Å². The van der Waals surface area contributed by atoms with E-state index in [0.29, 0.717) is 17.7 Å². The number of aromatic amines is 1. The maximum atomic E-state index is 12.5. The Hall–Kier alpha value is -1.63. The van der Waals surface area contributed by atoms with Crippen LogP contribution in [0.25, 0.3) is 11.0 Å². The number of nitrogens with one attached hydrogen (secondary N) is 1. The second kappa shape index (κ2) is 7.09. The molecule has 7 heteroatoms. The molecule has 1 saturated carbocycles. The molecule has 1 aliphatic carbocycles. The Morgan fingerprint density at radius 1 is 1.33 bits per heavy atom. The Morgan fingerprint density at radius 3 is 2.75 bits per heavy atom. The lowest BCUT2D eigenvalue weighted by Gasteiger charge is -2.35. The Balaban J connectivity index is 1.66. The summed E-state index contributed by atoms with van der Waals surface area (Å²) in [6.45, 7) is 1.98. The predicted molar refractivity (Wildman–Crippen MR) is 99.9 cm³/mol. The van der Waals surface area contributed by atoms with E-state index in [1.807, 2.05) is 19.2 Å². The van der Waals surface area contributed by atoms with Crippen LogP contribution >= 0.6 is 0 Å². The average Bonchev–Trinajstić information content (AvgIpc) is 3.10. The highest BCUT2D eigenvalue weighted by Gasteiger charge is 2.27. The zero-order valence-corrected chi connectivity index (χ0v) is 15.6. The number of nitrogens with zero attached hydrogens (tertiary/aromatic N) is 4. The van der Waals surface area contributed by atoms with Crippen LogP contribution in [0, 0.1) is 5.92 Å². The van der Waals surface area contributed by atoms with Gasteiger partial charge in [0, 0.05) is 47.6 Å². The highest BCUT2D eigenvalue weighted by molar-refractivity contribution is 7.93. The zero-order valence-electron chi connectivity index (χ0n) is 14.7. The van der Waals surface area contributed by atoms with Crippen LogP contribution < -0.4 is 4.90 Å². The summed E-state index contributed by atoms with van der Waals surface area (Å²) in [5.41, 5.74) is 0.882. The number of rotatable bonds is 5. The molecule has 3 rings (SSSR count). The van der Waals surface area contributed by atoms with Crippen molar-refractivity contribution in [3.8, 4) is 0 Å². The molecule has 2 aromatic rings. The summed E-state index contributed by atoms with van der Waals surface area (Å²) in [5.74, 6) is 2.94. The average molecular weight is 350 g/mol. The van der Waals surface area contributed by atoms with Crippen molar-refractivity contribution < 1.29 is 4.21 Å². The molecule has 1 fully saturated rings. The summed E-state index contributed by atoms with van der Waals surface area (Å²) in [4.78, 5) is 14.2. The minimum Gasteiger partial charge on any atom is -0.356 e. The lowest BCUT2D eigenvalue weighted by atomic mass is 9.86. The third-order valence-corrected chi connectivity index (χ3v) is 7.87. The second-order valence-electron chi connectivity index (χ2n) is 6.63. The molecular weight excluding hydrogens is 322 g/mol. The first-order valence-electron chi connectivity index (χ1n) is 8.68. The molecule has 24 heavy (non-hydrogen) atoms. The van der Waals surface area contributed by atoms with Gasteiger partial charge in [0.25, 0.3) is 0 Å². The quantitative estimate of drug-likeness (QED) is 0.900. The van der Waals surface area contributed by atoms with Crippen LogP contribution in [-0.4, -0.2) is 50.8 Å². The molecule has 2 heterocycles. The van der Waals surface area contributed by atoms with E-state index in [1.165, 1.54) is 0 Å². The normalized spacial score (nSPS) is 23.8. The molecule has 0 radical (unpaired) electrons. The van der Waals surface area contributed by atoms with E-state index in [2.05, 4.69) is 31.3 Å². The third kappa shape index (κ3) is 3.41. The molecule has 2 aromatic heterocycles. The van der Waals surface area contributed by atoms with Crippen molar-refractivity contribution in [3.63, 3.8) is 0 Å². The van der Waals surface area contributed by atoms with Crippen molar-refractivity contribution in [2.75, 3.05) is 30.5 Å². The third-order valence-electron chi connectivity index (χ3n) is 5.31. The molecule has 0 amide bonds. The van der Waals surface area contributed by atoms with Crippen LogP contribution in [0.5, 0.6) is 0 Å². The topological polar surface area (TPSA) is 74.2 Å². The number of anilines is 1. The fourth-order valence-corrected chi connectivity index (χ4v) is 5.41. The SMILES string of the molecule is CCS(=O)(C[C@H]1CC[C@@H](N(C)c2ncnc3[nH]ccc23)CC1)=NC. The minimum absolute atomic E-state index is 0.477. The van der Waals surface area contributed by atoms with Crippen LogP contribution in [0.15, 0.2) is 23.0 Å². The van der Waals surface area contributed by atoms with Crippen molar-refractivity contribution >= 4 is 26.6 Å². The molecule has 6 nitrogen and oxygen atoms in total. The standard InChI is InChI=1S/C17H27N5OS/c1-4-24(23,18-2)11-13-5-7-14(8-6-13)22(3)17-15-9-10-19-16(15)20-12-21-17/h9-10,12-14H,4-8,11H2,1-3H3,(H,19,20,21)/t13-,14+,24?. The summed E-state index contributed by atoms with van der Waals surface area (Å²) in [5, 5.41) is 1.07. The van der Waals surface area contributed by atoms with Gasteiger partial charge in [-0.25, -0.2) is 18.5 Å². The summed E-state index contributed by atoms with van der Waals surface area (Å²) >= 11 is 0. The van der Waals surface area contributed by atoms with Gasteiger partial charge in [0.05, 0.1) is 5.39 Å². The summed E-state index contributed by atoms with van der Waals surface area (Å²) in [7, 11) is 1.83. The first-order chi connectivity index (χ1) is 11.6. The summed E-state index contributed by atoms with van der Waals surface area (Å²) in [6, 6.07) is 2.51. The maximum Gasteiger partial charge on any atom is 0.142 e. The number of hydrogen-bond donors (Lipinski definition) is 1. The van der Waals surface area contributed by atoms with Gasteiger partial charge in [0.15, 0.2) is 0 Å². The fraction of sp³-hybridized carbons (Fsp3) is 0.647. The van der Waals surface area contributed by atoms with Gasteiger partial charge in [0.2, 0.25) is 0 Å². The molecule has 0 spiro atoms. The van der Waals surface area contributed by atoms with E-state index in [4.69, 9.17) is 0 Å². The van der Waals surface area contributed by atoms with Crippen molar-refractivity contribution in [2.24, 2.45) is 10.3 Å². The van der Waals surface area contributed by atoms with Gasteiger partial charge < -0.3 is 9.88 Å². The van der Waals surface area contributed by atoms with Crippen LogP contribution in [0.4, 0.5) is 5.82 Å². The minimum atomic E-state index is -1.99. The maximum absolute atomic E-state index is 12.5. The second-order valence-corrected chi connectivity index (χ2v) is 9.45. The van der Waals surface area contributed by atoms with Crippen LogP contribution in [0.3, 0.4) is 0 Å². The zero-order chi connectivity index (χ0) is 17.2. The summed E-state index contributed by atoms with van der Waals surface area (Å²) in [6.07, 6.45) is 7.98. The van der Waals surface area contributed by atoms with Gasteiger partial charge in [-0.05, 0) is 37.7 Å². The lowest BCUT2D eigenvalue weighted by Crippen LogP contribution is -2.37. The Kier molecular flexibility index (Phi) is 5.08. The van der Waals surface area contributed by atoms with E-state index in [1.54, 1.807) is 13.4 Å².